The molecule has 3 N–H and O–H groups in total. The molecule has 0 saturated carbocycles. The number of rotatable bonds is 5. The molecule has 0 spiro atoms. The molecule has 19 heavy (non-hydrogen) atoms. The van der Waals surface area contributed by atoms with Crippen molar-refractivity contribution < 1.29 is 14.6 Å². The number of carboxylic acids is 1. The number of aliphatic carboxylic acids is 1. The van der Waals surface area contributed by atoms with Gasteiger partial charge in [-0.05, 0) is 49.4 Å². The first-order valence-corrected chi connectivity index (χ1v) is 6.48. The fraction of sp³-hybridized carbons (Fsp3) is 0.533. The molecule has 4 nitrogen and oxygen atoms in total. The Balaban J connectivity index is 3.32. The smallest absolute Gasteiger partial charge is 0.308 e. The molecule has 0 saturated heterocycles. The van der Waals surface area contributed by atoms with Crippen molar-refractivity contribution in [1.29, 1.82) is 0 Å². The van der Waals surface area contributed by atoms with Crippen LogP contribution in [0.3, 0.4) is 0 Å². The number of nitrogens with two attached hydrogens (primary N) is 1. The molecule has 2 atom stereocenters. The Morgan fingerprint density at radius 2 is 1.95 bits per heavy atom. The second-order valence-corrected chi connectivity index (χ2v) is 4.94. The summed E-state index contributed by atoms with van der Waals surface area (Å²) in [6.07, 6.45) is 0.514. The molecular formula is C15H23NO3. The fourth-order valence-corrected chi connectivity index (χ4v) is 2.55. The van der Waals surface area contributed by atoms with Gasteiger partial charge in [0, 0.05) is 6.04 Å². The maximum atomic E-state index is 11.2. The molecule has 0 aliphatic heterocycles. The molecule has 1 rings (SSSR count). The normalized spacial score (nSPS) is 14.0. The van der Waals surface area contributed by atoms with Gasteiger partial charge >= 0.3 is 5.97 Å². The van der Waals surface area contributed by atoms with Crippen molar-refractivity contribution in [2.45, 2.75) is 40.2 Å². The summed E-state index contributed by atoms with van der Waals surface area (Å²) in [4.78, 5) is 11.2. The first-order chi connectivity index (χ1) is 8.84. The van der Waals surface area contributed by atoms with E-state index in [1.54, 1.807) is 7.11 Å². The van der Waals surface area contributed by atoms with Crippen molar-refractivity contribution in [1.82, 2.24) is 0 Å². The van der Waals surface area contributed by atoms with Gasteiger partial charge in [0.1, 0.15) is 5.75 Å². The number of benzene rings is 1. The third-order valence-corrected chi connectivity index (χ3v) is 3.82. The zero-order chi connectivity index (χ0) is 14.7. The zero-order valence-corrected chi connectivity index (χ0v) is 12.3. The number of methoxy groups -OCH3 is 1. The molecule has 1 aromatic rings. The van der Waals surface area contributed by atoms with Crippen LogP contribution in [0, 0.1) is 26.7 Å². The molecule has 0 fully saturated rings. The lowest BCUT2D eigenvalue weighted by atomic mass is 9.86. The van der Waals surface area contributed by atoms with Crippen LogP contribution >= 0.6 is 0 Å². The Labute approximate surface area is 114 Å². The van der Waals surface area contributed by atoms with Crippen LogP contribution in [-0.4, -0.2) is 18.2 Å². The second-order valence-electron chi connectivity index (χ2n) is 4.94. The molecule has 0 aliphatic rings. The van der Waals surface area contributed by atoms with Gasteiger partial charge in [-0.25, -0.2) is 0 Å². The van der Waals surface area contributed by atoms with E-state index < -0.39 is 17.9 Å². The SMILES string of the molecule is CCC(C(=O)O)C(N)c1cc(C)c(OC)c(C)c1C. The average molecular weight is 265 g/mol. The Morgan fingerprint density at radius 1 is 1.37 bits per heavy atom. The minimum atomic E-state index is -0.847. The molecule has 4 heteroatoms. The largest absolute Gasteiger partial charge is 0.496 e. The van der Waals surface area contributed by atoms with Gasteiger partial charge in [-0.2, -0.15) is 0 Å². The third kappa shape index (κ3) is 2.89. The van der Waals surface area contributed by atoms with E-state index in [4.69, 9.17) is 10.5 Å². The summed E-state index contributed by atoms with van der Waals surface area (Å²) >= 11 is 0. The second kappa shape index (κ2) is 6.06. The third-order valence-electron chi connectivity index (χ3n) is 3.82. The maximum Gasteiger partial charge on any atom is 0.308 e. The van der Waals surface area contributed by atoms with E-state index in [2.05, 4.69) is 0 Å². The van der Waals surface area contributed by atoms with Crippen LogP contribution in [0.25, 0.3) is 0 Å². The highest BCUT2D eigenvalue weighted by atomic mass is 16.5. The summed E-state index contributed by atoms with van der Waals surface area (Å²) in [5.74, 6) is -0.566. The van der Waals surface area contributed by atoms with Crippen molar-refractivity contribution in [2.24, 2.45) is 11.7 Å². The van der Waals surface area contributed by atoms with E-state index in [1.165, 1.54) is 0 Å². The summed E-state index contributed by atoms with van der Waals surface area (Å²) in [5.41, 5.74) is 10.1. The number of ether oxygens (including phenoxy) is 1. The molecule has 0 aliphatic carbocycles. The quantitative estimate of drug-likeness (QED) is 0.858. The van der Waals surface area contributed by atoms with E-state index in [1.807, 2.05) is 33.8 Å². The van der Waals surface area contributed by atoms with Crippen molar-refractivity contribution in [3.05, 3.63) is 28.3 Å². The van der Waals surface area contributed by atoms with E-state index in [0.717, 1.165) is 28.0 Å². The minimum absolute atomic E-state index is 0.495. The van der Waals surface area contributed by atoms with Crippen LogP contribution in [0.4, 0.5) is 0 Å². The lowest BCUT2D eigenvalue weighted by molar-refractivity contribution is -0.142. The Morgan fingerprint density at radius 3 is 2.37 bits per heavy atom. The van der Waals surface area contributed by atoms with Crippen LogP contribution in [-0.2, 0) is 4.79 Å². The van der Waals surface area contributed by atoms with Gasteiger partial charge in [-0.3, -0.25) is 4.79 Å². The molecule has 0 bridgehead atoms. The predicted octanol–water partition coefficient (Wildman–Crippen LogP) is 2.73. The van der Waals surface area contributed by atoms with Gasteiger partial charge in [0.25, 0.3) is 0 Å². The lowest BCUT2D eigenvalue weighted by Crippen LogP contribution is -2.28. The number of hydrogen-bond acceptors (Lipinski definition) is 3. The fourth-order valence-electron chi connectivity index (χ4n) is 2.55. The van der Waals surface area contributed by atoms with Gasteiger partial charge in [-0.15, -0.1) is 0 Å². The molecule has 0 radical (unpaired) electrons. The number of hydrogen-bond donors (Lipinski definition) is 2. The van der Waals surface area contributed by atoms with E-state index in [-0.39, 0.29) is 0 Å². The Bertz CT molecular complexity index is 483. The van der Waals surface area contributed by atoms with Gasteiger partial charge in [0.15, 0.2) is 0 Å². The molecule has 0 heterocycles. The van der Waals surface area contributed by atoms with Gasteiger partial charge in [-0.1, -0.05) is 13.0 Å². The predicted molar refractivity (Wildman–Crippen MR) is 75.6 cm³/mol. The van der Waals surface area contributed by atoms with Crippen LogP contribution < -0.4 is 10.5 Å². The highest BCUT2D eigenvalue weighted by Gasteiger charge is 2.27. The number of carboxylic acid groups (broad SMARTS) is 1. The van der Waals surface area contributed by atoms with E-state index in [0.29, 0.717) is 6.42 Å². The Kier molecular flexibility index (Phi) is 4.95. The Hall–Kier alpha value is -1.55. The van der Waals surface area contributed by atoms with Crippen molar-refractivity contribution >= 4 is 5.97 Å². The van der Waals surface area contributed by atoms with Gasteiger partial charge < -0.3 is 15.6 Å². The summed E-state index contributed by atoms with van der Waals surface area (Å²) in [6, 6.07) is 1.45. The van der Waals surface area contributed by atoms with Gasteiger partial charge in [0.2, 0.25) is 0 Å². The maximum absolute atomic E-state index is 11.2. The standard InChI is InChI=1S/C15H23NO3/c1-6-11(15(17)18)13(16)12-7-8(2)14(19-5)10(4)9(12)3/h7,11,13H,6,16H2,1-5H3,(H,17,18). The van der Waals surface area contributed by atoms with Crippen molar-refractivity contribution in [3.63, 3.8) is 0 Å². The molecule has 106 valence electrons. The highest BCUT2D eigenvalue weighted by molar-refractivity contribution is 5.71. The monoisotopic (exact) mass is 265 g/mol. The minimum Gasteiger partial charge on any atom is -0.496 e. The first kappa shape index (κ1) is 15.5. The zero-order valence-electron chi connectivity index (χ0n) is 12.3. The lowest BCUT2D eigenvalue weighted by Gasteiger charge is -2.24. The topological polar surface area (TPSA) is 72.5 Å². The summed E-state index contributed by atoms with van der Waals surface area (Å²) < 4.78 is 5.37. The molecule has 1 aromatic carbocycles. The van der Waals surface area contributed by atoms with E-state index in [9.17, 15) is 9.90 Å². The average Bonchev–Trinajstić information content (AvgIpc) is 2.34. The van der Waals surface area contributed by atoms with Crippen LogP contribution in [0.1, 0.15) is 41.6 Å². The van der Waals surface area contributed by atoms with E-state index >= 15 is 0 Å². The number of carbonyl (C=O) groups is 1. The van der Waals surface area contributed by atoms with Gasteiger partial charge in [0.05, 0.1) is 13.0 Å². The highest BCUT2D eigenvalue weighted by Crippen LogP contribution is 2.33. The first-order valence-electron chi connectivity index (χ1n) is 6.48. The molecule has 0 aromatic heterocycles. The van der Waals surface area contributed by atoms with Crippen LogP contribution in [0.5, 0.6) is 5.75 Å². The van der Waals surface area contributed by atoms with Crippen molar-refractivity contribution in [3.8, 4) is 5.75 Å². The summed E-state index contributed by atoms with van der Waals surface area (Å²) in [6.45, 7) is 7.72. The van der Waals surface area contributed by atoms with Crippen molar-refractivity contribution in [2.75, 3.05) is 7.11 Å². The molecule has 0 amide bonds. The number of aryl methyl sites for hydroxylation is 1. The van der Waals surface area contributed by atoms with Crippen LogP contribution in [0.2, 0.25) is 0 Å². The summed E-state index contributed by atoms with van der Waals surface area (Å²) in [7, 11) is 1.64. The summed E-state index contributed by atoms with van der Waals surface area (Å²) in [5, 5.41) is 9.23. The molecular weight excluding hydrogens is 242 g/mol. The van der Waals surface area contributed by atoms with Crippen LogP contribution in [0.15, 0.2) is 6.07 Å². The molecule has 2 unspecified atom stereocenters.